The lowest BCUT2D eigenvalue weighted by atomic mass is 9.98. The first kappa shape index (κ1) is 15.4. The van der Waals surface area contributed by atoms with E-state index in [-0.39, 0.29) is 11.7 Å². The summed E-state index contributed by atoms with van der Waals surface area (Å²) in [5.41, 5.74) is 9.29. The molecule has 4 rings (SSSR count). The average Bonchev–Trinajstić information content (AvgIpc) is 2.90. The summed E-state index contributed by atoms with van der Waals surface area (Å²) in [5, 5.41) is 0.641. The van der Waals surface area contributed by atoms with Gasteiger partial charge >= 0.3 is 0 Å². The lowest BCUT2D eigenvalue weighted by molar-refractivity contribution is 0.0817. The fraction of sp³-hybridized carbons (Fsp3) is 0.158. The zero-order valence-corrected chi connectivity index (χ0v) is 13.8. The Labute approximate surface area is 143 Å². The molecule has 0 aliphatic carbocycles. The number of hydrogen-bond donors (Lipinski definition) is 1. The van der Waals surface area contributed by atoms with Gasteiger partial charge in [-0.1, -0.05) is 18.2 Å². The number of rotatable bonds is 2. The number of benzene rings is 2. The Hall–Kier alpha value is -3.15. The summed E-state index contributed by atoms with van der Waals surface area (Å²) in [6.45, 7) is 0.392. The van der Waals surface area contributed by atoms with Crippen molar-refractivity contribution in [2.24, 2.45) is 0 Å². The molecule has 1 aromatic heterocycles. The van der Waals surface area contributed by atoms with Crippen LogP contribution in [0.15, 0.2) is 36.4 Å². The SMILES string of the molecule is COc1ccc(F)c(-c2cccc3c(N)c4c(nc23)CN(C)C4=O)c1. The van der Waals surface area contributed by atoms with Crippen LogP contribution in [0.5, 0.6) is 5.75 Å². The van der Waals surface area contributed by atoms with E-state index in [1.165, 1.54) is 13.2 Å². The number of nitrogens with two attached hydrogens (primary N) is 1. The Balaban J connectivity index is 2.04. The third kappa shape index (κ3) is 2.21. The summed E-state index contributed by atoms with van der Waals surface area (Å²) in [4.78, 5) is 18.5. The van der Waals surface area contributed by atoms with Crippen LogP contribution in [0.25, 0.3) is 22.0 Å². The molecule has 2 N–H and O–H groups in total. The number of para-hydroxylation sites is 1. The molecule has 0 fully saturated rings. The summed E-state index contributed by atoms with van der Waals surface area (Å²) in [6.07, 6.45) is 0. The molecule has 0 unspecified atom stereocenters. The number of carbonyl (C=O) groups is 1. The first-order valence-corrected chi connectivity index (χ1v) is 7.81. The maximum absolute atomic E-state index is 14.4. The van der Waals surface area contributed by atoms with Crippen LogP contribution in [0.4, 0.5) is 10.1 Å². The number of methoxy groups -OCH3 is 1. The number of nitrogens with zero attached hydrogens (tertiary/aromatic N) is 2. The second kappa shape index (κ2) is 5.44. The van der Waals surface area contributed by atoms with Gasteiger partial charge in [0.15, 0.2) is 0 Å². The second-order valence-corrected chi connectivity index (χ2v) is 6.06. The molecule has 0 spiro atoms. The summed E-state index contributed by atoms with van der Waals surface area (Å²) >= 11 is 0. The second-order valence-electron chi connectivity index (χ2n) is 6.06. The van der Waals surface area contributed by atoms with E-state index in [9.17, 15) is 9.18 Å². The van der Waals surface area contributed by atoms with Crippen molar-refractivity contribution < 1.29 is 13.9 Å². The van der Waals surface area contributed by atoms with Gasteiger partial charge in [-0.2, -0.15) is 0 Å². The van der Waals surface area contributed by atoms with Crippen molar-refractivity contribution in [1.29, 1.82) is 0 Å². The number of fused-ring (bicyclic) bond motifs is 2. The van der Waals surface area contributed by atoms with Crippen molar-refractivity contribution in [3.63, 3.8) is 0 Å². The number of carbonyl (C=O) groups excluding carboxylic acids is 1. The van der Waals surface area contributed by atoms with E-state index in [0.717, 1.165) is 0 Å². The van der Waals surface area contributed by atoms with Crippen LogP contribution < -0.4 is 10.5 Å². The van der Waals surface area contributed by atoms with Crippen molar-refractivity contribution in [3.05, 3.63) is 53.5 Å². The predicted octanol–water partition coefficient (Wildman–Crippen LogP) is 3.22. The number of amides is 1. The zero-order chi connectivity index (χ0) is 17.7. The topological polar surface area (TPSA) is 68.5 Å². The number of anilines is 1. The van der Waals surface area contributed by atoms with Crippen LogP contribution in [0.1, 0.15) is 16.1 Å². The van der Waals surface area contributed by atoms with Gasteiger partial charge in [0, 0.05) is 23.6 Å². The standard InChI is InChI=1S/C19H16FN3O2/c1-23-9-15-16(19(23)24)17(21)12-5-3-4-11(18(12)22-15)13-8-10(25-2)6-7-14(13)20/h3-8H,9H2,1-2H3,(H2,21,22). The van der Waals surface area contributed by atoms with E-state index in [2.05, 4.69) is 4.98 Å². The summed E-state index contributed by atoms with van der Waals surface area (Å²) in [5.74, 6) is 0.0414. The van der Waals surface area contributed by atoms with E-state index in [0.29, 0.717) is 51.3 Å². The highest BCUT2D eigenvalue weighted by Crippen LogP contribution is 2.37. The highest BCUT2D eigenvalue weighted by molar-refractivity contribution is 6.11. The molecule has 2 heterocycles. The highest BCUT2D eigenvalue weighted by Gasteiger charge is 2.30. The molecule has 25 heavy (non-hydrogen) atoms. The van der Waals surface area contributed by atoms with E-state index >= 15 is 0 Å². The zero-order valence-electron chi connectivity index (χ0n) is 13.8. The molecule has 126 valence electrons. The minimum absolute atomic E-state index is 0.139. The van der Waals surface area contributed by atoms with Gasteiger partial charge < -0.3 is 15.4 Å². The molecule has 0 saturated heterocycles. The van der Waals surface area contributed by atoms with Crippen molar-refractivity contribution in [2.45, 2.75) is 6.54 Å². The number of halogens is 1. The van der Waals surface area contributed by atoms with Crippen LogP contribution in [0.3, 0.4) is 0 Å². The van der Waals surface area contributed by atoms with E-state index < -0.39 is 0 Å². The number of nitrogen functional groups attached to an aromatic ring is 1. The Bertz CT molecular complexity index is 1030. The Kier molecular flexibility index (Phi) is 3.35. The Morgan fingerprint density at radius 3 is 2.80 bits per heavy atom. The first-order chi connectivity index (χ1) is 12.0. The minimum Gasteiger partial charge on any atom is -0.497 e. The first-order valence-electron chi connectivity index (χ1n) is 7.81. The van der Waals surface area contributed by atoms with Gasteiger partial charge in [-0.25, -0.2) is 9.37 Å². The molecule has 5 nitrogen and oxygen atoms in total. The van der Waals surface area contributed by atoms with Gasteiger partial charge in [0.05, 0.1) is 36.1 Å². The van der Waals surface area contributed by atoms with Gasteiger partial charge in [0.25, 0.3) is 5.91 Å². The Morgan fingerprint density at radius 1 is 1.24 bits per heavy atom. The smallest absolute Gasteiger partial charge is 0.258 e. The van der Waals surface area contributed by atoms with Crippen molar-refractivity contribution in [3.8, 4) is 16.9 Å². The number of ether oxygens (including phenoxy) is 1. The maximum atomic E-state index is 14.4. The summed E-state index contributed by atoms with van der Waals surface area (Å²) in [7, 11) is 3.24. The normalized spacial score (nSPS) is 13.4. The van der Waals surface area contributed by atoms with Crippen LogP contribution in [-0.2, 0) is 6.54 Å². The van der Waals surface area contributed by atoms with Gasteiger partial charge in [0.1, 0.15) is 11.6 Å². The highest BCUT2D eigenvalue weighted by atomic mass is 19.1. The molecule has 1 aliphatic heterocycles. The molecule has 3 aromatic rings. The molecule has 6 heteroatoms. The quantitative estimate of drug-likeness (QED) is 0.779. The third-order valence-corrected chi connectivity index (χ3v) is 4.54. The monoisotopic (exact) mass is 337 g/mol. The molecule has 1 amide bonds. The number of hydrogen-bond acceptors (Lipinski definition) is 4. The fourth-order valence-corrected chi connectivity index (χ4v) is 3.26. The van der Waals surface area contributed by atoms with Gasteiger partial charge in [-0.15, -0.1) is 0 Å². The fourth-order valence-electron chi connectivity index (χ4n) is 3.26. The maximum Gasteiger partial charge on any atom is 0.258 e. The predicted molar refractivity (Wildman–Crippen MR) is 93.9 cm³/mol. The summed E-state index contributed by atoms with van der Waals surface area (Å²) < 4.78 is 19.6. The minimum atomic E-state index is -0.373. The van der Waals surface area contributed by atoms with Crippen molar-refractivity contribution >= 4 is 22.5 Å². The third-order valence-electron chi connectivity index (χ3n) is 4.54. The largest absolute Gasteiger partial charge is 0.497 e. The van der Waals surface area contributed by atoms with Gasteiger partial charge in [-0.3, -0.25) is 4.79 Å². The van der Waals surface area contributed by atoms with E-state index in [1.54, 1.807) is 42.3 Å². The van der Waals surface area contributed by atoms with E-state index in [1.807, 2.05) is 0 Å². The lowest BCUT2D eigenvalue weighted by Crippen LogP contribution is -2.18. The molecule has 0 atom stereocenters. The molecule has 0 bridgehead atoms. The molecule has 2 aromatic carbocycles. The van der Waals surface area contributed by atoms with Crippen LogP contribution in [0.2, 0.25) is 0 Å². The molecule has 0 saturated carbocycles. The molecular formula is C19H16FN3O2. The Morgan fingerprint density at radius 2 is 2.04 bits per heavy atom. The van der Waals surface area contributed by atoms with Gasteiger partial charge in [0.2, 0.25) is 0 Å². The van der Waals surface area contributed by atoms with Gasteiger partial charge in [-0.05, 0) is 18.2 Å². The summed E-state index contributed by atoms with van der Waals surface area (Å²) in [6, 6.07) is 9.93. The number of pyridine rings is 1. The molecule has 0 radical (unpaired) electrons. The lowest BCUT2D eigenvalue weighted by Gasteiger charge is -2.12. The average molecular weight is 337 g/mol. The number of aromatic nitrogens is 1. The van der Waals surface area contributed by atoms with Crippen LogP contribution in [-0.4, -0.2) is 29.9 Å². The van der Waals surface area contributed by atoms with Crippen LogP contribution >= 0.6 is 0 Å². The van der Waals surface area contributed by atoms with Crippen molar-refractivity contribution in [2.75, 3.05) is 19.9 Å². The van der Waals surface area contributed by atoms with Crippen LogP contribution in [0, 0.1) is 5.82 Å². The van der Waals surface area contributed by atoms with E-state index in [4.69, 9.17) is 10.5 Å². The molecular weight excluding hydrogens is 321 g/mol. The molecule has 1 aliphatic rings. The van der Waals surface area contributed by atoms with Crippen molar-refractivity contribution in [1.82, 2.24) is 9.88 Å².